The Hall–Kier alpha value is -1.80. The summed E-state index contributed by atoms with van der Waals surface area (Å²) in [6.07, 6.45) is 5.01. The van der Waals surface area contributed by atoms with Crippen LogP contribution in [0.1, 0.15) is 41.0 Å². The van der Waals surface area contributed by atoms with E-state index in [-0.39, 0.29) is 0 Å². The molecule has 0 amide bonds. The van der Waals surface area contributed by atoms with Gasteiger partial charge in [0.25, 0.3) is 0 Å². The summed E-state index contributed by atoms with van der Waals surface area (Å²) in [5, 5.41) is 10.3. The molecule has 0 heterocycles. The lowest BCUT2D eigenvalue weighted by molar-refractivity contribution is -0.138. The molecule has 0 aromatic heterocycles. The summed E-state index contributed by atoms with van der Waals surface area (Å²) in [7, 11) is 0. The summed E-state index contributed by atoms with van der Waals surface area (Å²) >= 11 is 6.18. The van der Waals surface area contributed by atoms with Crippen LogP contribution in [0.25, 0.3) is 0 Å². The predicted octanol–water partition coefficient (Wildman–Crippen LogP) is 4.63. The lowest BCUT2D eigenvalue weighted by Crippen LogP contribution is -2.16. The van der Waals surface area contributed by atoms with Gasteiger partial charge in [0.15, 0.2) is 0 Å². The molecule has 1 atom stereocenters. The highest BCUT2D eigenvalue weighted by molar-refractivity contribution is 6.31. The van der Waals surface area contributed by atoms with Crippen molar-refractivity contribution in [2.24, 2.45) is 0 Å². The first-order valence-corrected chi connectivity index (χ1v) is 8.11. The number of carbonyl (C=O) groups is 1. The van der Waals surface area contributed by atoms with Gasteiger partial charge in [-0.2, -0.15) is 0 Å². The average Bonchev–Trinajstić information content (AvgIpc) is 2.53. The highest BCUT2D eigenvalue weighted by Gasteiger charge is 2.22. The highest BCUT2D eigenvalue weighted by Crippen LogP contribution is 2.29. The first kappa shape index (κ1) is 15.1. The maximum Gasteiger partial charge on any atom is 0.311 e. The lowest BCUT2D eigenvalue weighted by atomic mass is 9.85. The number of hydrogen-bond acceptors (Lipinski definition) is 1. The van der Waals surface area contributed by atoms with Crippen LogP contribution in [0.4, 0.5) is 0 Å². The third-order valence-electron chi connectivity index (χ3n) is 4.45. The van der Waals surface area contributed by atoms with E-state index in [1.54, 1.807) is 0 Å². The van der Waals surface area contributed by atoms with Gasteiger partial charge in [0, 0.05) is 5.02 Å². The van der Waals surface area contributed by atoms with Crippen LogP contribution in [0.3, 0.4) is 0 Å². The summed E-state index contributed by atoms with van der Waals surface area (Å²) in [6, 6.07) is 13.6. The third kappa shape index (κ3) is 3.17. The number of rotatable bonds is 4. The Morgan fingerprint density at radius 2 is 1.82 bits per heavy atom. The first-order chi connectivity index (χ1) is 10.6. The van der Waals surface area contributed by atoms with Gasteiger partial charge in [-0.15, -0.1) is 0 Å². The number of benzene rings is 2. The molecular weight excluding hydrogens is 296 g/mol. The fraction of sp³-hybridized carbons (Fsp3) is 0.316. The lowest BCUT2D eigenvalue weighted by Gasteiger charge is -2.19. The number of aliphatic carboxylic acids is 1. The molecule has 2 aromatic rings. The Morgan fingerprint density at radius 3 is 2.55 bits per heavy atom. The predicted molar refractivity (Wildman–Crippen MR) is 88.6 cm³/mol. The Bertz CT molecular complexity index is 694. The van der Waals surface area contributed by atoms with E-state index in [2.05, 4.69) is 12.1 Å². The normalized spacial score (nSPS) is 15.1. The SMILES string of the molecule is O=C(O)C(Cc1ccccc1Cl)c1ccc2c(c1)CCCC2. The molecule has 1 unspecified atom stereocenters. The molecular formula is C19H19ClO2. The molecule has 1 aliphatic rings. The number of hydrogen-bond donors (Lipinski definition) is 1. The molecule has 2 aromatic carbocycles. The zero-order valence-electron chi connectivity index (χ0n) is 12.4. The molecule has 1 N–H and O–H groups in total. The molecule has 0 bridgehead atoms. The minimum absolute atomic E-state index is 0.424. The summed E-state index contributed by atoms with van der Waals surface area (Å²) in [5.41, 5.74) is 4.45. The van der Waals surface area contributed by atoms with Gasteiger partial charge >= 0.3 is 5.97 Å². The van der Waals surface area contributed by atoms with Crippen molar-refractivity contribution >= 4 is 17.6 Å². The van der Waals surface area contributed by atoms with Crippen LogP contribution in [-0.2, 0) is 24.1 Å². The molecule has 0 fully saturated rings. The topological polar surface area (TPSA) is 37.3 Å². The maximum absolute atomic E-state index is 11.7. The zero-order chi connectivity index (χ0) is 15.5. The van der Waals surface area contributed by atoms with Crippen molar-refractivity contribution in [2.75, 3.05) is 0 Å². The van der Waals surface area contributed by atoms with Gasteiger partial charge in [0.1, 0.15) is 0 Å². The summed E-state index contributed by atoms with van der Waals surface area (Å²) in [6.45, 7) is 0. The number of halogens is 1. The van der Waals surface area contributed by atoms with E-state index >= 15 is 0 Å². The van der Waals surface area contributed by atoms with E-state index in [1.165, 1.54) is 24.0 Å². The van der Waals surface area contributed by atoms with Crippen LogP contribution in [0.15, 0.2) is 42.5 Å². The van der Waals surface area contributed by atoms with Gasteiger partial charge in [0.05, 0.1) is 5.92 Å². The van der Waals surface area contributed by atoms with Crippen molar-refractivity contribution in [1.29, 1.82) is 0 Å². The van der Waals surface area contributed by atoms with Gasteiger partial charge in [-0.05, 0) is 60.4 Å². The van der Waals surface area contributed by atoms with Crippen molar-refractivity contribution in [3.8, 4) is 0 Å². The van der Waals surface area contributed by atoms with Gasteiger partial charge < -0.3 is 5.11 Å². The first-order valence-electron chi connectivity index (χ1n) is 7.73. The largest absolute Gasteiger partial charge is 0.481 e. The molecule has 1 aliphatic carbocycles. The second-order valence-corrected chi connectivity index (χ2v) is 6.33. The molecule has 114 valence electrons. The molecule has 0 saturated carbocycles. The van der Waals surface area contributed by atoms with Crippen LogP contribution in [0.5, 0.6) is 0 Å². The molecule has 22 heavy (non-hydrogen) atoms. The Balaban J connectivity index is 1.91. The molecule has 0 saturated heterocycles. The molecule has 0 spiro atoms. The Morgan fingerprint density at radius 1 is 1.09 bits per heavy atom. The second kappa shape index (κ2) is 6.53. The van der Waals surface area contributed by atoms with Crippen LogP contribution >= 0.6 is 11.6 Å². The summed E-state index contributed by atoms with van der Waals surface area (Å²) in [4.78, 5) is 11.7. The third-order valence-corrected chi connectivity index (χ3v) is 4.82. The Kier molecular flexibility index (Phi) is 4.49. The van der Waals surface area contributed by atoms with Crippen molar-refractivity contribution in [3.63, 3.8) is 0 Å². The average molecular weight is 315 g/mol. The van der Waals surface area contributed by atoms with Crippen LogP contribution in [0, 0.1) is 0 Å². The number of carboxylic acids is 1. The molecule has 3 heteroatoms. The smallest absolute Gasteiger partial charge is 0.311 e. The van der Waals surface area contributed by atoms with E-state index in [0.29, 0.717) is 11.4 Å². The summed E-state index contributed by atoms with van der Waals surface area (Å²) < 4.78 is 0. The van der Waals surface area contributed by atoms with Crippen LogP contribution in [0.2, 0.25) is 5.02 Å². The van der Waals surface area contributed by atoms with E-state index < -0.39 is 11.9 Å². The van der Waals surface area contributed by atoms with Crippen LogP contribution in [-0.4, -0.2) is 11.1 Å². The van der Waals surface area contributed by atoms with E-state index in [9.17, 15) is 9.90 Å². The van der Waals surface area contributed by atoms with Gasteiger partial charge in [0.2, 0.25) is 0 Å². The quantitative estimate of drug-likeness (QED) is 0.893. The molecule has 2 nitrogen and oxygen atoms in total. The standard InChI is InChI=1S/C19H19ClO2/c20-18-8-4-3-7-16(18)12-17(19(21)22)15-10-9-13-5-1-2-6-14(13)11-15/h3-4,7-11,17H,1-2,5-6,12H2,(H,21,22). The Labute approximate surface area is 135 Å². The molecule has 0 radical (unpaired) electrons. The van der Waals surface area contributed by atoms with Gasteiger partial charge in [-0.3, -0.25) is 4.79 Å². The zero-order valence-corrected chi connectivity index (χ0v) is 13.1. The highest BCUT2D eigenvalue weighted by atomic mass is 35.5. The number of aryl methyl sites for hydroxylation is 2. The molecule has 3 rings (SSSR count). The van der Waals surface area contributed by atoms with Gasteiger partial charge in [-0.1, -0.05) is 48.0 Å². The number of fused-ring (bicyclic) bond motifs is 1. The van der Waals surface area contributed by atoms with Crippen molar-refractivity contribution in [3.05, 3.63) is 69.7 Å². The second-order valence-electron chi connectivity index (χ2n) is 5.92. The fourth-order valence-corrected chi connectivity index (χ4v) is 3.41. The van der Waals surface area contributed by atoms with Crippen molar-refractivity contribution in [2.45, 2.75) is 38.0 Å². The fourth-order valence-electron chi connectivity index (χ4n) is 3.20. The summed E-state index contributed by atoms with van der Waals surface area (Å²) in [5.74, 6) is -1.34. The monoisotopic (exact) mass is 314 g/mol. The van der Waals surface area contributed by atoms with E-state index in [4.69, 9.17) is 11.6 Å². The van der Waals surface area contributed by atoms with Crippen molar-refractivity contribution in [1.82, 2.24) is 0 Å². The van der Waals surface area contributed by atoms with E-state index in [0.717, 1.165) is 24.0 Å². The van der Waals surface area contributed by atoms with Gasteiger partial charge in [-0.25, -0.2) is 0 Å². The minimum Gasteiger partial charge on any atom is -0.481 e. The number of carboxylic acid groups (broad SMARTS) is 1. The van der Waals surface area contributed by atoms with Crippen molar-refractivity contribution < 1.29 is 9.90 Å². The minimum atomic E-state index is -0.796. The van der Waals surface area contributed by atoms with Crippen LogP contribution < -0.4 is 0 Å². The molecule has 0 aliphatic heterocycles. The maximum atomic E-state index is 11.7. The van der Waals surface area contributed by atoms with E-state index in [1.807, 2.05) is 30.3 Å².